The van der Waals surface area contributed by atoms with Crippen LogP contribution in [0.3, 0.4) is 0 Å². The number of aliphatic hydroxyl groups excluding tert-OH is 1. The second-order valence-corrected chi connectivity index (χ2v) is 3.57. The number of benzene rings is 1. The maximum atomic E-state index is 13.3. The molecule has 0 amide bonds. The van der Waals surface area contributed by atoms with Crippen LogP contribution < -0.4 is 5.73 Å². The molecule has 5 heteroatoms. The van der Waals surface area contributed by atoms with Crippen LogP contribution in [-0.2, 0) is 0 Å². The monoisotopic (exact) mass is 227 g/mol. The number of rotatable bonds is 3. The van der Waals surface area contributed by atoms with Gasteiger partial charge >= 0.3 is 0 Å². The summed E-state index contributed by atoms with van der Waals surface area (Å²) >= 11 is 0. The number of furan rings is 1. The third-order valence-corrected chi connectivity index (χ3v) is 2.38. The van der Waals surface area contributed by atoms with Crippen molar-refractivity contribution in [1.29, 1.82) is 0 Å². The van der Waals surface area contributed by atoms with Gasteiger partial charge in [-0.05, 0) is 12.5 Å². The van der Waals surface area contributed by atoms with Gasteiger partial charge in [-0.1, -0.05) is 0 Å². The topological polar surface area (TPSA) is 59.4 Å². The van der Waals surface area contributed by atoms with Gasteiger partial charge in [-0.2, -0.15) is 0 Å². The zero-order valence-corrected chi connectivity index (χ0v) is 8.41. The summed E-state index contributed by atoms with van der Waals surface area (Å²) in [5.41, 5.74) is 5.81. The summed E-state index contributed by atoms with van der Waals surface area (Å²) < 4.78 is 31.4. The van der Waals surface area contributed by atoms with Crippen molar-refractivity contribution < 1.29 is 18.3 Å². The van der Waals surface area contributed by atoms with Gasteiger partial charge in [-0.3, -0.25) is 0 Å². The molecule has 2 rings (SSSR count). The standard InChI is InChI=1S/C11H11F2NO2/c12-6-3-8(13)7-5-11(9(14)1-2-15)16-10(7)4-6/h3-5,9,15H,1-2,14H2. The summed E-state index contributed by atoms with van der Waals surface area (Å²) in [5.74, 6) is -1.03. The fourth-order valence-electron chi connectivity index (χ4n) is 1.55. The summed E-state index contributed by atoms with van der Waals surface area (Å²) in [4.78, 5) is 0. The van der Waals surface area contributed by atoms with Crippen molar-refractivity contribution in [3.63, 3.8) is 0 Å². The van der Waals surface area contributed by atoms with E-state index in [1.807, 2.05) is 0 Å². The lowest BCUT2D eigenvalue weighted by Gasteiger charge is -2.04. The van der Waals surface area contributed by atoms with Crippen LogP contribution in [0.5, 0.6) is 0 Å². The molecule has 1 aromatic carbocycles. The largest absolute Gasteiger partial charge is 0.459 e. The second-order valence-electron chi connectivity index (χ2n) is 3.57. The molecular formula is C11H11F2NO2. The fraction of sp³-hybridized carbons (Fsp3) is 0.273. The van der Waals surface area contributed by atoms with Crippen LogP contribution in [0.4, 0.5) is 8.78 Å². The molecule has 16 heavy (non-hydrogen) atoms. The SMILES string of the molecule is NC(CCO)c1cc2c(F)cc(F)cc2o1. The van der Waals surface area contributed by atoms with Gasteiger partial charge in [0, 0.05) is 18.7 Å². The smallest absolute Gasteiger partial charge is 0.140 e. The molecule has 0 radical (unpaired) electrons. The maximum absolute atomic E-state index is 13.3. The van der Waals surface area contributed by atoms with E-state index in [2.05, 4.69) is 0 Å². The number of halogens is 2. The van der Waals surface area contributed by atoms with E-state index in [1.165, 1.54) is 6.07 Å². The van der Waals surface area contributed by atoms with E-state index in [1.54, 1.807) is 0 Å². The molecule has 0 saturated heterocycles. The highest BCUT2D eigenvalue weighted by molar-refractivity contribution is 5.78. The molecule has 3 N–H and O–H groups in total. The van der Waals surface area contributed by atoms with Gasteiger partial charge in [-0.25, -0.2) is 8.78 Å². The Labute approximate surface area is 90.5 Å². The minimum absolute atomic E-state index is 0.0882. The summed E-state index contributed by atoms with van der Waals surface area (Å²) in [6.07, 6.45) is 0.309. The fourth-order valence-corrected chi connectivity index (χ4v) is 1.55. The van der Waals surface area contributed by atoms with Crippen LogP contribution in [0.1, 0.15) is 18.2 Å². The average Bonchev–Trinajstić information content (AvgIpc) is 2.62. The highest BCUT2D eigenvalue weighted by Crippen LogP contribution is 2.27. The number of nitrogens with two attached hydrogens (primary N) is 1. The number of hydrogen-bond acceptors (Lipinski definition) is 3. The number of fused-ring (bicyclic) bond motifs is 1. The Morgan fingerprint density at radius 2 is 2.06 bits per heavy atom. The van der Waals surface area contributed by atoms with Crippen LogP contribution in [0.15, 0.2) is 22.6 Å². The molecule has 0 aliphatic rings. The van der Waals surface area contributed by atoms with Crippen LogP contribution in [-0.4, -0.2) is 11.7 Å². The number of hydrogen-bond donors (Lipinski definition) is 2. The molecule has 1 aromatic heterocycles. The highest BCUT2D eigenvalue weighted by atomic mass is 19.1. The molecule has 0 bridgehead atoms. The zero-order valence-electron chi connectivity index (χ0n) is 8.41. The summed E-state index contributed by atoms with van der Waals surface area (Å²) in [5, 5.41) is 8.91. The minimum Gasteiger partial charge on any atom is -0.459 e. The Morgan fingerprint density at radius 3 is 2.75 bits per heavy atom. The van der Waals surface area contributed by atoms with Gasteiger partial charge in [-0.15, -0.1) is 0 Å². The Morgan fingerprint density at radius 1 is 1.31 bits per heavy atom. The summed E-state index contributed by atoms with van der Waals surface area (Å²) in [6.45, 7) is -0.0882. The lowest BCUT2D eigenvalue weighted by molar-refractivity contribution is 0.270. The van der Waals surface area contributed by atoms with E-state index >= 15 is 0 Å². The summed E-state index contributed by atoms with van der Waals surface area (Å²) in [7, 11) is 0. The predicted molar refractivity (Wildman–Crippen MR) is 54.8 cm³/mol. The van der Waals surface area contributed by atoms with Crippen LogP contribution in [0, 0.1) is 11.6 Å². The van der Waals surface area contributed by atoms with Gasteiger partial charge in [0.25, 0.3) is 0 Å². The minimum atomic E-state index is -0.693. The van der Waals surface area contributed by atoms with Crippen molar-refractivity contribution in [3.05, 3.63) is 35.6 Å². The van der Waals surface area contributed by atoms with Gasteiger partial charge in [0.15, 0.2) is 0 Å². The molecule has 1 atom stereocenters. The molecule has 2 aromatic rings. The van der Waals surface area contributed by atoms with E-state index in [0.29, 0.717) is 12.2 Å². The van der Waals surface area contributed by atoms with Gasteiger partial charge < -0.3 is 15.3 Å². The molecule has 0 aliphatic heterocycles. The highest BCUT2D eigenvalue weighted by Gasteiger charge is 2.14. The van der Waals surface area contributed by atoms with Gasteiger partial charge in [0.2, 0.25) is 0 Å². The summed E-state index contributed by atoms with van der Waals surface area (Å²) in [6, 6.07) is 2.82. The Hall–Kier alpha value is -1.46. The normalized spacial score (nSPS) is 13.2. The first-order chi connectivity index (χ1) is 7.61. The van der Waals surface area contributed by atoms with E-state index in [-0.39, 0.29) is 17.6 Å². The van der Waals surface area contributed by atoms with Gasteiger partial charge in [0.1, 0.15) is 23.0 Å². The third kappa shape index (κ3) is 1.91. The van der Waals surface area contributed by atoms with E-state index in [9.17, 15) is 8.78 Å². The first-order valence-electron chi connectivity index (χ1n) is 4.86. The molecule has 3 nitrogen and oxygen atoms in total. The Bertz CT molecular complexity index is 510. The van der Waals surface area contributed by atoms with Gasteiger partial charge in [0.05, 0.1) is 11.4 Å². The quantitative estimate of drug-likeness (QED) is 0.844. The molecule has 1 heterocycles. The van der Waals surface area contributed by atoms with Crippen molar-refractivity contribution in [2.75, 3.05) is 6.61 Å². The molecule has 1 unspecified atom stereocenters. The molecule has 86 valence electrons. The third-order valence-electron chi connectivity index (χ3n) is 2.38. The van der Waals surface area contributed by atoms with Crippen molar-refractivity contribution >= 4 is 11.0 Å². The van der Waals surface area contributed by atoms with Crippen molar-refractivity contribution in [2.45, 2.75) is 12.5 Å². The maximum Gasteiger partial charge on any atom is 0.140 e. The van der Waals surface area contributed by atoms with Crippen molar-refractivity contribution in [2.24, 2.45) is 5.73 Å². The van der Waals surface area contributed by atoms with Crippen LogP contribution >= 0.6 is 0 Å². The predicted octanol–water partition coefficient (Wildman–Crippen LogP) is 2.09. The molecule has 0 saturated carbocycles. The van der Waals surface area contributed by atoms with E-state index < -0.39 is 17.7 Å². The molecule has 0 spiro atoms. The van der Waals surface area contributed by atoms with E-state index in [0.717, 1.165) is 12.1 Å². The van der Waals surface area contributed by atoms with Crippen molar-refractivity contribution in [3.8, 4) is 0 Å². The van der Waals surface area contributed by atoms with Crippen molar-refractivity contribution in [1.82, 2.24) is 0 Å². The van der Waals surface area contributed by atoms with Crippen LogP contribution in [0.2, 0.25) is 0 Å². The van der Waals surface area contributed by atoms with E-state index in [4.69, 9.17) is 15.3 Å². The van der Waals surface area contributed by atoms with Crippen LogP contribution in [0.25, 0.3) is 11.0 Å². The molecular weight excluding hydrogens is 216 g/mol. The number of aliphatic hydroxyl groups is 1. The average molecular weight is 227 g/mol. The Balaban J connectivity index is 2.47. The zero-order chi connectivity index (χ0) is 11.7. The first-order valence-corrected chi connectivity index (χ1v) is 4.86. The lowest BCUT2D eigenvalue weighted by atomic mass is 10.1. The molecule has 0 aliphatic carbocycles. The Kier molecular flexibility index (Phi) is 2.89. The lowest BCUT2D eigenvalue weighted by Crippen LogP contribution is -2.10. The molecule has 0 fully saturated rings. The first kappa shape index (κ1) is 11.0. The second kappa shape index (κ2) is 4.19.